The van der Waals surface area contributed by atoms with E-state index in [1.165, 1.54) is 0 Å². The Morgan fingerprint density at radius 3 is 2.23 bits per heavy atom. The van der Waals surface area contributed by atoms with Crippen LogP contribution in [-0.2, 0) is 6.18 Å². The van der Waals surface area contributed by atoms with Crippen LogP contribution in [0.15, 0.2) is 6.07 Å². The summed E-state index contributed by atoms with van der Waals surface area (Å²) in [5, 5.41) is -1.14. The fourth-order valence-corrected chi connectivity index (χ4v) is 1.17. The molecule has 0 atom stereocenters. The van der Waals surface area contributed by atoms with Gasteiger partial charge in [0.1, 0.15) is 0 Å². The lowest BCUT2D eigenvalue weighted by Crippen LogP contribution is -2.08. The van der Waals surface area contributed by atoms with Crippen molar-refractivity contribution in [3.8, 4) is 0 Å². The minimum Gasteiger partial charge on any atom is -0.205 e. The van der Waals surface area contributed by atoms with Crippen LogP contribution in [0.3, 0.4) is 0 Å². The maximum Gasteiger partial charge on any atom is 0.419 e. The quantitative estimate of drug-likeness (QED) is 0.469. The van der Waals surface area contributed by atoms with Gasteiger partial charge in [-0.15, -0.1) is 0 Å². The zero-order valence-corrected chi connectivity index (χ0v) is 7.36. The van der Waals surface area contributed by atoms with Gasteiger partial charge in [-0.1, -0.05) is 23.2 Å². The summed E-state index contributed by atoms with van der Waals surface area (Å²) in [6, 6.07) is 2.44. The standard InChI is InChI=1S/C7HCl2F4/c8-3-1-4(7(11,12)13)6(10)5(9)2-3/h1H. The lowest BCUT2D eigenvalue weighted by Gasteiger charge is -2.08. The van der Waals surface area contributed by atoms with Crippen molar-refractivity contribution in [3.63, 3.8) is 0 Å². The van der Waals surface area contributed by atoms with E-state index in [9.17, 15) is 17.6 Å². The van der Waals surface area contributed by atoms with E-state index in [1.54, 1.807) is 0 Å². The van der Waals surface area contributed by atoms with Crippen LogP contribution in [0.2, 0.25) is 10.0 Å². The van der Waals surface area contributed by atoms with Gasteiger partial charge >= 0.3 is 6.18 Å². The van der Waals surface area contributed by atoms with Crippen LogP contribution in [0.4, 0.5) is 17.6 Å². The summed E-state index contributed by atoms with van der Waals surface area (Å²) in [6.45, 7) is 0. The highest BCUT2D eigenvalue weighted by Gasteiger charge is 2.35. The molecule has 0 heterocycles. The highest BCUT2D eigenvalue weighted by molar-refractivity contribution is 6.34. The van der Waals surface area contributed by atoms with Crippen LogP contribution >= 0.6 is 23.2 Å². The average Bonchev–Trinajstić information content (AvgIpc) is 1.94. The topological polar surface area (TPSA) is 0 Å². The van der Waals surface area contributed by atoms with Crippen molar-refractivity contribution in [2.45, 2.75) is 6.18 Å². The highest BCUT2D eigenvalue weighted by atomic mass is 35.5. The van der Waals surface area contributed by atoms with E-state index in [-0.39, 0.29) is 5.02 Å². The summed E-state index contributed by atoms with van der Waals surface area (Å²) in [5.41, 5.74) is -1.48. The van der Waals surface area contributed by atoms with Crippen molar-refractivity contribution in [2.24, 2.45) is 0 Å². The van der Waals surface area contributed by atoms with Crippen molar-refractivity contribution >= 4 is 23.2 Å². The first-order valence-corrected chi connectivity index (χ1v) is 3.72. The molecule has 0 spiro atoms. The van der Waals surface area contributed by atoms with Crippen molar-refractivity contribution in [1.82, 2.24) is 0 Å². The third-order valence-corrected chi connectivity index (χ3v) is 1.70. The van der Waals surface area contributed by atoms with Crippen LogP contribution in [0, 0.1) is 11.9 Å². The van der Waals surface area contributed by atoms with Gasteiger partial charge in [-0.3, -0.25) is 0 Å². The van der Waals surface area contributed by atoms with E-state index in [1.807, 2.05) is 6.07 Å². The molecule has 0 fully saturated rings. The Bertz CT molecular complexity index is 332. The van der Waals surface area contributed by atoms with Crippen LogP contribution in [0.1, 0.15) is 5.56 Å². The molecule has 0 aliphatic heterocycles. The predicted molar refractivity (Wildman–Crippen MR) is 40.3 cm³/mol. The molecular weight excluding hydrogens is 231 g/mol. The first kappa shape index (κ1) is 10.6. The molecule has 0 nitrogen and oxygen atoms in total. The molecular formula is C7HCl2F4. The lowest BCUT2D eigenvalue weighted by molar-refractivity contribution is -0.139. The van der Waals surface area contributed by atoms with E-state index < -0.39 is 22.6 Å². The van der Waals surface area contributed by atoms with Crippen LogP contribution in [0.25, 0.3) is 0 Å². The van der Waals surface area contributed by atoms with E-state index in [0.29, 0.717) is 6.07 Å². The van der Waals surface area contributed by atoms with E-state index in [2.05, 4.69) is 0 Å². The molecule has 0 saturated carbocycles. The van der Waals surface area contributed by atoms with Crippen molar-refractivity contribution in [2.75, 3.05) is 0 Å². The monoisotopic (exact) mass is 231 g/mol. The molecule has 0 unspecified atom stereocenters. The summed E-state index contributed by atoms with van der Waals surface area (Å²) in [4.78, 5) is 0. The summed E-state index contributed by atoms with van der Waals surface area (Å²) in [6.07, 6.45) is -4.80. The Labute approximate surface area is 81.1 Å². The van der Waals surface area contributed by atoms with E-state index >= 15 is 0 Å². The second-order valence-corrected chi connectivity index (χ2v) is 2.94. The number of rotatable bonds is 0. The van der Waals surface area contributed by atoms with Gasteiger partial charge in [-0.25, -0.2) is 4.39 Å². The Balaban J connectivity index is 3.37. The van der Waals surface area contributed by atoms with Crippen LogP contribution in [-0.4, -0.2) is 0 Å². The van der Waals surface area contributed by atoms with Crippen LogP contribution < -0.4 is 0 Å². The summed E-state index contributed by atoms with van der Waals surface area (Å²) in [7, 11) is 0. The zero-order chi connectivity index (χ0) is 10.2. The Morgan fingerprint density at radius 2 is 1.77 bits per heavy atom. The fourth-order valence-electron chi connectivity index (χ4n) is 0.710. The normalized spacial score (nSPS) is 11.8. The Hall–Kier alpha value is -0.480. The third-order valence-electron chi connectivity index (χ3n) is 1.23. The zero-order valence-electron chi connectivity index (χ0n) is 5.85. The lowest BCUT2D eigenvalue weighted by atomic mass is 10.2. The number of halogens is 6. The number of alkyl halides is 3. The predicted octanol–water partition coefficient (Wildman–Crippen LogP) is 3.95. The van der Waals surface area contributed by atoms with E-state index in [0.717, 1.165) is 0 Å². The van der Waals surface area contributed by atoms with Crippen molar-refractivity contribution in [1.29, 1.82) is 0 Å². The number of hydrogen-bond acceptors (Lipinski definition) is 0. The van der Waals surface area contributed by atoms with Gasteiger partial charge in [0.2, 0.25) is 0 Å². The molecule has 0 N–H and O–H groups in total. The molecule has 1 aromatic rings. The Kier molecular flexibility index (Phi) is 2.73. The summed E-state index contributed by atoms with van der Waals surface area (Å²) in [5.74, 6) is -1.56. The molecule has 0 aliphatic rings. The van der Waals surface area contributed by atoms with Gasteiger partial charge in [0.15, 0.2) is 5.82 Å². The molecule has 71 valence electrons. The van der Waals surface area contributed by atoms with Gasteiger partial charge < -0.3 is 0 Å². The number of benzene rings is 1. The van der Waals surface area contributed by atoms with Gasteiger partial charge in [-0.05, 0) is 6.07 Å². The minimum atomic E-state index is -4.80. The molecule has 1 rings (SSSR count). The number of hydrogen-bond donors (Lipinski definition) is 0. The SMILES string of the molecule is Fc1c(Cl)[c]c(Cl)cc1C(F)(F)F. The average molecular weight is 232 g/mol. The minimum absolute atomic E-state index is 0.376. The second-order valence-electron chi connectivity index (χ2n) is 2.16. The van der Waals surface area contributed by atoms with Gasteiger partial charge in [0.05, 0.1) is 15.6 Å². The molecule has 0 amide bonds. The fraction of sp³-hybridized carbons (Fsp3) is 0.143. The molecule has 0 aromatic heterocycles. The van der Waals surface area contributed by atoms with Crippen LogP contribution in [0.5, 0.6) is 0 Å². The third kappa shape index (κ3) is 2.25. The molecule has 0 bridgehead atoms. The first-order valence-electron chi connectivity index (χ1n) is 2.96. The molecule has 13 heavy (non-hydrogen) atoms. The van der Waals surface area contributed by atoms with Gasteiger partial charge in [-0.2, -0.15) is 13.2 Å². The maximum atomic E-state index is 12.7. The largest absolute Gasteiger partial charge is 0.419 e. The Morgan fingerprint density at radius 1 is 1.23 bits per heavy atom. The molecule has 6 heteroatoms. The van der Waals surface area contributed by atoms with Gasteiger partial charge in [0.25, 0.3) is 0 Å². The smallest absolute Gasteiger partial charge is 0.205 e. The summed E-state index contributed by atoms with van der Waals surface area (Å²) >= 11 is 10.3. The highest BCUT2D eigenvalue weighted by Crippen LogP contribution is 2.35. The molecule has 1 radical (unpaired) electrons. The summed E-state index contributed by atoms with van der Waals surface area (Å²) < 4.78 is 48.8. The molecule has 1 aromatic carbocycles. The van der Waals surface area contributed by atoms with Crippen molar-refractivity contribution < 1.29 is 17.6 Å². The van der Waals surface area contributed by atoms with E-state index in [4.69, 9.17) is 23.2 Å². The maximum absolute atomic E-state index is 12.7. The first-order chi connectivity index (χ1) is 5.82. The van der Waals surface area contributed by atoms with Gasteiger partial charge in [0, 0.05) is 6.07 Å². The molecule has 0 saturated heterocycles. The second kappa shape index (κ2) is 3.35. The van der Waals surface area contributed by atoms with Crippen molar-refractivity contribution in [3.05, 3.63) is 33.6 Å². The molecule has 0 aliphatic carbocycles.